The molecule has 0 aliphatic carbocycles. The molecule has 4 heteroatoms. The number of nitrogens with zero attached hydrogens (tertiary/aromatic N) is 1. The molecule has 0 aliphatic rings. The molecule has 1 N–H and O–H groups in total. The first-order chi connectivity index (χ1) is 9.38. The number of carbonyl (C=O) groups excluding carboxylic acids is 1. The van der Waals surface area contributed by atoms with Gasteiger partial charge in [0.05, 0.1) is 0 Å². The van der Waals surface area contributed by atoms with Gasteiger partial charge in [0, 0.05) is 26.4 Å². The summed E-state index contributed by atoms with van der Waals surface area (Å²) in [5.74, 6) is -0.754. The van der Waals surface area contributed by atoms with Crippen molar-refractivity contribution in [1.29, 1.82) is 0 Å². The van der Waals surface area contributed by atoms with Gasteiger partial charge in [0.25, 0.3) is 0 Å². The third kappa shape index (κ3) is 5.87. The van der Waals surface area contributed by atoms with E-state index in [4.69, 9.17) is 5.11 Å². The largest absolute Gasteiger partial charge is 0.481 e. The van der Waals surface area contributed by atoms with E-state index in [1.807, 2.05) is 0 Å². The first-order valence-corrected chi connectivity index (χ1v) is 6.91. The van der Waals surface area contributed by atoms with Gasteiger partial charge in [-0.05, 0) is 32.3 Å². The summed E-state index contributed by atoms with van der Waals surface area (Å²) in [5.41, 5.74) is 3.60. The molecule has 1 rings (SSSR count). The first kappa shape index (κ1) is 16.2. The zero-order valence-corrected chi connectivity index (χ0v) is 12.5. The molecule has 0 radical (unpaired) electrons. The van der Waals surface area contributed by atoms with Gasteiger partial charge in [-0.2, -0.15) is 0 Å². The molecule has 0 aliphatic heterocycles. The molecule has 0 bridgehead atoms. The number of carboxylic acids is 1. The van der Waals surface area contributed by atoms with E-state index in [2.05, 4.69) is 32.0 Å². The van der Waals surface area contributed by atoms with E-state index in [9.17, 15) is 9.59 Å². The smallest absolute Gasteiger partial charge is 0.303 e. The van der Waals surface area contributed by atoms with Crippen LogP contribution in [-0.4, -0.2) is 35.5 Å². The minimum Gasteiger partial charge on any atom is -0.481 e. The maximum Gasteiger partial charge on any atom is 0.303 e. The van der Waals surface area contributed by atoms with Crippen molar-refractivity contribution in [3.05, 3.63) is 34.9 Å². The highest BCUT2D eigenvalue weighted by Crippen LogP contribution is 2.11. The maximum absolute atomic E-state index is 11.9. The number of carboxylic acid groups (broad SMARTS) is 1. The number of amides is 1. The van der Waals surface area contributed by atoms with Gasteiger partial charge in [0.15, 0.2) is 0 Å². The second-order valence-electron chi connectivity index (χ2n) is 5.31. The Balaban J connectivity index is 2.40. The van der Waals surface area contributed by atoms with E-state index in [1.54, 1.807) is 11.9 Å². The number of benzene rings is 1. The normalized spacial score (nSPS) is 10.3. The quantitative estimate of drug-likeness (QED) is 0.833. The van der Waals surface area contributed by atoms with Crippen LogP contribution in [0.3, 0.4) is 0 Å². The average Bonchev–Trinajstić information content (AvgIpc) is 2.34. The molecule has 1 amide bonds. The van der Waals surface area contributed by atoms with Gasteiger partial charge in [0.1, 0.15) is 0 Å². The highest BCUT2D eigenvalue weighted by atomic mass is 16.4. The minimum absolute atomic E-state index is 0.0644. The van der Waals surface area contributed by atoms with Gasteiger partial charge in [-0.15, -0.1) is 0 Å². The van der Waals surface area contributed by atoms with Gasteiger partial charge in [0.2, 0.25) is 5.91 Å². The van der Waals surface area contributed by atoms with E-state index in [0.717, 1.165) is 6.42 Å². The summed E-state index contributed by atoms with van der Waals surface area (Å²) in [6, 6.07) is 6.32. The highest BCUT2D eigenvalue weighted by Gasteiger charge is 2.09. The van der Waals surface area contributed by atoms with Crippen LogP contribution in [0.2, 0.25) is 0 Å². The van der Waals surface area contributed by atoms with E-state index in [-0.39, 0.29) is 12.3 Å². The Bertz CT molecular complexity index is 462. The van der Waals surface area contributed by atoms with Crippen molar-refractivity contribution >= 4 is 11.9 Å². The second kappa shape index (κ2) is 7.68. The van der Waals surface area contributed by atoms with Gasteiger partial charge in [-0.1, -0.05) is 29.3 Å². The summed E-state index contributed by atoms with van der Waals surface area (Å²) in [6.45, 7) is 4.60. The predicted octanol–water partition coefficient (Wildman–Crippen LogP) is 2.56. The lowest BCUT2D eigenvalue weighted by molar-refractivity contribution is -0.138. The molecule has 0 heterocycles. The maximum atomic E-state index is 11.9. The summed E-state index contributed by atoms with van der Waals surface area (Å²) < 4.78 is 0. The van der Waals surface area contributed by atoms with Gasteiger partial charge >= 0.3 is 5.97 Å². The SMILES string of the molecule is Cc1cc(C)cc(CCC(=O)N(C)CCCC(=O)O)c1. The fourth-order valence-corrected chi connectivity index (χ4v) is 2.25. The van der Waals surface area contributed by atoms with Crippen LogP contribution >= 0.6 is 0 Å². The van der Waals surface area contributed by atoms with Crippen molar-refractivity contribution in [2.75, 3.05) is 13.6 Å². The topological polar surface area (TPSA) is 57.6 Å². The Morgan fingerprint density at radius 2 is 1.70 bits per heavy atom. The average molecular weight is 277 g/mol. The van der Waals surface area contributed by atoms with Gasteiger partial charge in [-0.25, -0.2) is 0 Å². The Hall–Kier alpha value is -1.84. The van der Waals surface area contributed by atoms with Crippen LogP contribution in [-0.2, 0) is 16.0 Å². The van der Waals surface area contributed by atoms with Crippen molar-refractivity contribution < 1.29 is 14.7 Å². The van der Waals surface area contributed by atoms with E-state index >= 15 is 0 Å². The summed E-state index contributed by atoms with van der Waals surface area (Å²) in [7, 11) is 1.73. The fourth-order valence-electron chi connectivity index (χ4n) is 2.25. The lowest BCUT2D eigenvalue weighted by Gasteiger charge is -2.16. The van der Waals surface area contributed by atoms with Crippen LogP contribution in [0.15, 0.2) is 18.2 Å². The Kier molecular flexibility index (Phi) is 6.22. The minimum atomic E-state index is -0.818. The summed E-state index contributed by atoms with van der Waals surface area (Å²) in [6.07, 6.45) is 1.80. The van der Waals surface area contributed by atoms with Crippen LogP contribution in [0.1, 0.15) is 36.0 Å². The molecule has 0 saturated carbocycles. The fraction of sp³-hybridized carbons (Fsp3) is 0.500. The standard InChI is InChI=1S/C16H23NO3/c1-12-9-13(2)11-14(10-12)6-7-15(18)17(3)8-4-5-16(19)20/h9-11H,4-8H2,1-3H3,(H,19,20). The summed E-state index contributed by atoms with van der Waals surface area (Å²) in [4.78, 5) is 24.0. The van der Waals surface area contributed by atoms with E-state index < -0.39 is 5.97 Å². The van der Waals surface area contributed by atoms with Crippen molar-refractivity contribution in [3.63, 3.8) is 0 Å². The molecule has 0 unspecified atom stereocenters. The number of carbonyl (C=O) groups is 2. The molecular formula is C16H23NO3. The molecule has 110 valence electrons. The molecule has 0 saturated heterocycles. The van der Waals surface area contributed by atoms with Gasteiger partial charge in [-0.3, -0.25) is 9.59 Å². The van der Waals surface area contributed by atoms with Crippen molar-refractivity contribution in [3.8, 4) is 0 Å². The second-order valence-corrected chi connectivity index (χ2v) is 5.31. The third-order valence-corrected chi connectivity index (χ3v) is 3.22. The Labute approximate surface area is 120 Å². The summed E-state index contributed by atoms with van der Waals surface area (Å²) in [5, 5.41) is 8.57. The van der Waals surface area contributed by atoms with Crippen LogP contribution < -0.4 is 0 Å². The Morgan fingerprint density at radius 1 is 1.10 bits per heavy atom. The monoisotopic (exact) mass is 277 g/mol. The number of aryl methyl sites for hydroxylation is 3. The highest BCUT2D eigenvalue weighted by molar-refractivity contribution is 5.76. The van der Waals surface area contributed by atoms with Crippen molar-refractivity contribution in [1.82, 2.24) is 4.90 Å². The first-order valence-electron chi connectivity index (χ1n) is 6.91. The molecule has 0 fully saturated rings. The number of aliphatic carboxylic acids is 1. The van der Waals surface area contributed by atoms with E-state index in [0.29, 0.717) is 19.4 Å². The van der Waals surface area contributed by atoms with Crippen molar-refractivity contribution in [2.45, 2.75) is 39.5 Å². The molecule has 1 aromatic rings. The van der Waals surface area contributed by atoms with Crippen LogP contribution in [0.25, 0.3) is 0 Å². The molecule has 0 spiro atoms. The number of hydrogen-bond donors (Lipinski definition) is 1. The van der Waals surface area contributed by atoms with Gasteiger partial charge < -0.3 is 10.0 Å². The molecule has 0 atom stereocenters. The zero-order chi connectivity index (χ0) is 15.1. The third-order valence-electron chi connectivity index (χ3n) is 3.22. The molecule has 1 aromatic carbocycles. The summed E-state index contributed by atoms with van der Waals surface area (Å²) >= 11 is 0. The zero-order valence-electron chi connectivity index (χ0n) is 12.5. The lowest BCUT2D eigenvalue weighted by atomic mass is 10.0. The predicted molar refractivity (Wildman–Crippen MR) is 78.7 cm³/mol. The number of hydrogen-bond acceptors (Lipinski definition) is 2. The molecule has 4 nitrogen and oxygen atoms in total. The Morgan fingerprint density at radius 3 is 2.25 bits per heavy atom. The van der Waals surface area contributed by atoms with Crippen LogP contribution in [0, 0.1) is 13.8 Å². The van der Waals surface area contributed by atoms with E-state index in [1.165, 1.54) is 16.7 Å². The van der Waals surface area contributed by atoms with Crippen LogP contribution in [0.4, 0.5) is 0 Å². The number of rotatable bonds is 7. The van der Waals surface area contributed by atoms with Crippen LogP contribution in [0.5, 0.6) is 0 Å². The lowest BCUT2D eigenvalue weighted by Crippen LogP contribution is -2.28. The molecule has 20 heavy (non-hydrogen) atoms. The van der Waals surface area contributed by atoms with Crippen molar-refractivity contribution in [2.24, 2.45) is 0 Å². The molecular weight excluding hydrogens is 254 g/mol. The molecule has 0 aromatic heterocycles.